The molecule has 2 aliphatic rings. The number of carbonyl (C=O) groups is 1. The Morgan fingerprint density at radius 3 is 2.94 bits per heavy atom. The van der Waals surface area contributed by atoms with E-state index in [1.165, 1.54) is 0 Å². The summed E-state index contributed by atoms with van der Waals surface area (Å²) in [5.41, 5.74) is 3.38. The lowest BCUT2D eigenvalue weighted by molar-refractivity contribution is -0.140. The number of hydroxylamine groups is 1. The second-order valence-electron chi connectivity index (χ2n) is 3.96. The highest BCUT2D eigenvalue weighted by atomic mass is 16.7. The van der Waals surface area contributed by atoms with Crippen LogP contribution in [-0.4, -0.2) is 23.9 Å². The Balaban J connectivity index is 1.79. The molecule has 0 amide bonds. The molecule has 1 saturated heterocycles. The molecule has 6 heteroatoms. The topological polar surface area (TPSA) is 77.0 Å². The summed E-state index contributed by atoms with van der Waals surface area (Å²) in [5.74, 6) is 0.465. The molecule has 6 nitrogen and oxygen atoms in total. The van der Waals surface area contributed by atoms with Crippen LogP contribution >= 0.6 is 0 Å². The highest BCUT2D eigenvalue weighted by molar-refractivity contribution is 5.73. The van der Waals surface area contributed by atoms with Gasteiger partial charge < -0.3 is 14.6 Å². The minimum absolute atomic E-state index is 0.223. The minimum atomic E-state index is -0.909. The first kappa shape index (κ1) is 10.4. The Hall–Kier alpha value is -1.79. The molecular formula is C11H11NO5. The van der Waals surface area contributed by atoms with Crippen molar-refractivity contribution >= 4 is 5.97 Å². The molecule has 0 spiro atoms. The summed E-state index contributed by atoms with van der Waals surface area (Å²) in [7, 11) is 0. The number of benzene rings is 1. The third kappa shape index (κ3) is 1.81. The molecule has 2 unspecified atom stereocenters. The van der Waals surface area contributed by atoms with E-state index in [-0.39, 0.29) is 12.9 Å². The first-order chi connectivity index (χ1) is 8.24. The van der Waals surface area contributed by atoms with E-state index in [1.54, 1.807) is 6.07 Å². The molecule has 0 saturated carbocycles. The van der Waals surface area contributed by atoms with Crippen molar-refractivity contribution in [2.45, 2.75) is 18.6 Å². The molecule has 1 aromatic rings. The fourth-order valence-electron chi connectivity index (χ4n) is 1.94. The van der Waals surface area contributed by atoms with Gasteiger partial charge in [0.2, 0.25) is 6.79 Å². The average molecular weight is 237 g/mol. The molecule has 0 aliphatic carbocycles. The standard InChI is InChI=1S/C11H11NO5/c13-11(14)7-4-9(17-12-7)6-1-2-8-10(3-6)16-5-15-8/h1-3,7,9,12H,4-5H2,(H,13,14). The fraction of sp³-hybridized carbons (Fsp3) is 0.364. The summed E-state index contributed by atoms with van der Waals surface area (Å²) < 4.78 is 10.5. The molecule has 17 heavy (non-hydrogen) atoms. The number of hydrogen-bond acceptors (Lipinski definition) is 5. The van der Waals surface area contributed by atoms with E-state index in [0.717, 1.165) is 5.56 Å². The van der Waals surface area contributed by atoms with Gasteiger partial charge in [-0.3, -0.25) is 9.63 Å². The van der Waals surface area contributed by atoms with E-state index >= 15 is 0 Å². The molecule has 3 rings (SSSR count). The van der Waals surface area contributed by atoms with Gasteiger partial charge in [-0.2, -0.15) is 5.48 Å². The van der Waals surface area contributed by atoms with Crippen molar-refractivity contribution in [3.8, 4) is 11.5 Å². The van der Waals surface area contributed by atoms with E-state index in [9.17, 15) is 4.79 Å². The maximum atomic E-state index is 10.8. The third-order valence-corrected chi connectivity index (χ3v) is 2.87. The molecule has 2 N–H and O–H groups in total. The summed E-state index contributed by atoms with van der Waals surface area (Å²) >= 11 is 0. The van der Waals surface area contributed by atoms with Gasteiger partial charge >= 0.3 is 5.97 Å². The lowest BCUT2D eigenvalue weighted by atomic mass is 10.0. The third-order valence-electron chi connectivity index (χ3n) is 2.87. The molecule has 2 atom stereocenters. The van der Waals surface area contributed by atoms with E-state index in [0.29, 0.717) is 17.9 Å². The SMILES string of the molecule is O=C(O)C1CC(c2ccc3c(c2)OCO3)ON1. The predicted molar refractivity (Wildman–Crippen MR) is 55.6 cm³/mol. The number of aliphatic carboxylic acids is 1. The Kier molecular flexibility index (Phi) is 2.38. The van der Waals surface area contributed by atoms with Crippen LogP contribution in [0.3, 0.4) is 0 Å². The van der Waals surface area contributed by atoms with Crippen LogP contribution < -0.4 is 15.0 Å². The highest BCUT2D eigenvalue weighted by Crippen LogP contribution is 2.36. The van der Waals surface area contributed by atoms with Crippen molar-refractivity contribution in [2.24, 2.45) is 0 Å². The predicted octanol–water partition coefficient (Wildman–Crippen LogP) is 0.834. The van der Waals surface area contributed by atoms with Gasteiger partial charge in [0.25, 0.3) is 0 Å². The van der Waals surface area contributed by atoms with Gasteiger partial charge in [-0.05, 0) is 17.7 Å². The van der Waals surface area contributed by atoms with Crippen LogP contribution in [0.2, 0.25) is 0 Å². The van der Waals surface area contributed by atoms with Crippen molar-refractivity contribution in [3.05, 3.63) is 23.8 Å². The van der Waals surface area contributed by atoms with Gasteiger partial charge in [0.1, 0.15) is 12.1 Å². The lowest BCUT2D eigenvalue weighted by Gasteiger charge is -2.08. The lowest BCUT2D eigenvalue weighted by Crippen LogP contribution is -2.29. The van der Waals surface area contributed by atoms with Crippen LogP contribution in [0.15, 0.2) is 18.2 Å². The number of hydrogen-bond donors (Lipinski definition) is 2. The minimum Gasteiger partial charge on any atom is -0.480 e. The maximum absolute atomic E-state index is 10.8. The van der Waals surface area contributed by atoms with Crippen LogP contribution in [0.1, 0.15) is 18.1 Å². The number of carboxylic acid groups (broad SMARTS) is 1. The quantitative estimate of drug-likeness (QED) is 0.793. The van der Waals surface area contributed by atoms with Crippen molar-refractivity contribution < 1.29 is 24.2 Å². The highest BCUT2D eigenvalue weighted by Gasteiger charge is 2.32. The van der Waals surface area contributed by atoms with Crippen LogP contribution in [0.25, 0.3) is 0 Å². The van der Waals surface area contributed by atoms with Gasteiger partial charge in [-0.25, -0.2) is 0 Å². The number of ether oxygens (including phenoxy) is 2. The molecule has 0 aromatic heterocycles. The second-order valence-corrected chi connectivity index (χ2v) is 3.96. The summed E-state index contributed by atoms with van der Waals surface area (Å²) in [5, 5.41) is 8.85. The molecule has 0 radical (unpaired) electrons. The van der Waals surface area contributed by atoms with E-state index < -0.39 is 12.0 Å². The first-order valence-corrected chi connectivity index (χ1v) is 5.27. The van der Waals surface area contributed by atoms with Gasteiger partial charge in [-0.1, -0.05) is 6.07 Å². The van der Waals surface area contributed by atoms with Gasteiger partial charge in [0.05, 0.1) is 0 Å². The second kappa shape index (κ2) is 3.90. The molecule has 1 fully saturated rings. The average Bonchev–Trinajstić information content (AvgIpc) is 2.97. The molecule has 90 valence electrons. The van der Waals surface area contributed by atoms with Crippen LogP contribution in [0.5, 0.6) is 11.5 Å². The normalized spacial score (nSPS) is 26.1. The zero-order chi connectivity index (χ0) is 11.8. The zero-order valence-electron chi connectivity index (χ0n) is 8.88. The smallest absolute Gasteiger partial charge is 0.323 e. The number of fused-ring (bicyclic) bond motifs is 1. The zero-order valence-corrected chi connectivity index (χ0v) is 8.88. The number of carboxylic acids is 1. The van der Waals surface area contributed by atoms with Crippen LogP contribution in [-0.2, 0) is 9.63 Å². The largest absolute Gasteiger partial charge is 0.480 e. The molecule has 1 aromatic carbocycles. The first-order valence-electron chi connectivity index (χ1n) is 5.27. The molecule has 0 bridgehead atoms. The van der Waals surface area contributed by atoms with Crippen LogP contribution in [0, 0.1) is 0 Å². The van der Waals surface area contributed by atoms with E-state index in [1.807, 2.05) is 12.1 Å². The molecule has 2 aliphatic heterocycles. The van der Waals surface area contributed by atoms with Crippen molar-refractivity contribution in [1.29, 1.82) is 0 Å². The van der Waals surface area contributed by atoms with E-state index in [2.05, 4.69) is 5.48 Å². The van der Waals surface area contributed by atoms with E-state index in [4.69, 9.17) is 19.4 Å². The Labute approximate surface area is 97.0 Å². The van der Waals surface area contributed by atoms with Crippen molar-refractivity contribution in [3.63, 3.8) is 0 Å². The summed E-state index contributed by atoms with van der Waals surface area (Å²) in [6.07, 6.45) is 0.125. The Morgan fingerprint density at radius 1 is 1.35 bits per heavy atom. The molecular weight excluding hydrogens is 226 g/mol. The van der Waals surface area contributed by atoms with Crippen LogP contribution in [0.4, 0.5) is 0 Å². The summed E-state index contributed by atoms with van der Waals surface area (Å²) in [6.45, 7) is 0.223. The summed E-state index contributed by atoms with van der Waals surface area (Å²) in [6, 6.07) is 4.81. The summed E-state index contributed by atoms with van der Waals surface area (Å²) in [4.78, 5) is 16.0. The number of nitrogens with one attached hydrogen (secondary N) is 1. The van der Waals surface area contributed by atoms with Gasteiger partial charge in [0, 0.05) is 6.42 Å². The fourth-order valence-corrected chi connectivity index (χ4v) is 1.94. The maximum Gasteiger partial charge on any atom is 0.323 e. The molecule has 2 heterocycles. The number of rotatable bonds is 2. The van der Waals surface area contributed by atoms with Gasteiger partial charge in [0.15, 0.2) is 11.5 Å². The monoisotopic (exact) mass is 237 g/mol. The van der Waals surface area contributed by atoms with Gasteiger partial charge in [-0.15, -0.1) is 0 Å². The van der Waals surface area contributed by atoms with Crippen molar-refractivity contribution in [2.75, 3.05) is 6.79 Å². The Morgan fingerprint density at radius 2 is 2.18 bits per heavy atom. The van der Waals surface area contributed by atoms with Crippen molar-refractivity contribution in [1.82, 2.24) is 5.48 Å². The Bertz CT molecular complexity index is 461.